The minimum atomic E-state index is -1.20. The normalized spacial score (nSPS) is 12.4. The van der Waals surface area contributed by atoms with Crippen LogP contribution in [0.3, 0.4) is 0 Å². The number of rotatable bonds is 17. The third-order valence-corrected chi connectivity index (χ3v) is 7.42. The first-order valence-corrected chi connectivity index (χ1v) is 16.4. The van der Waals surface area contributed by atoms with Crippen LogP contribution >= 0.6 is 0 Å². The van der Waals surface area contributed by atoms with Crippen LogP contribution in [0.25, 0.3) is 0 Å². The number of hydrogen-bond acceptors (Lipinski definition) is 7. The molecule has 0 spiro atoms. The first kappa shape index (κ1) is 31.3. The Labute approximate surface area is 228 Å². The molecule has 0 radical (unpaired) electrons. The van der Waals surface area contributed by atoms with E-state index in [9.17, 15) is 4.79 Å². The average Bonchev–Trinajstić information content (AvgIpc) is 2.92. The zero-order chi connectivity index (χ0) is 27.8. The van der Waals surface area contributed by atoms with Crippen molar-refractivity contribution in [1.29, 1.82) is 0 Å². The molecule has 0 bridgehead atoms. The summed E-state index contributed by atoms with van der Waals surface area (Å²) in [5.41, 5.74) is 3.13. The lowest BCUT2D eigenvalue weighted by molar-refractivity contribution is -0.135. The van der Waals surface area contributed by atoms with Crippen molar-refractivity contribution in [3.8, 4) is 11.5 Å². The average molecular weight is 543 g/mol. The molecule has 0 aliphatic rings. The van der Waals surface area contributed by atoms with E-state index in [2.05, 4.69) is 19.6 Å². The van der Waals surface area contributed by atoms with Crippen LogP contribution in [0.1, 0.15) is 11.1 Å². The van der Waals surface area contributed by atoms with Gasteiger partial charge < -0.3 is 28.4 Å². The van der Waals surface area contributed by atoms with Gasteiger partial charge in [0, 0.05) is 14.7 Å². The van der Waals surface area contributed by atoms with E-state index < -0.39 is 14.0 Å². The summed E-state index contributed by atoms with van der Waals surface area (Å²) < 4.78 is 33.1. The molecule has 38 heavy (non-hydrogen) atoms. The lowest BCUT2D eigenvalue weighted by Gasteiger charge is -2.15. The Hall–Kier alpha value is -2.91. The highest BCUT2D eigenvalue weighted by Crippen LogP contribution is 2.17. The van der Waals surface area contributed by atoms with Crippen molar-refractivity contribution in [1.82, 2.24) is 0 Å². The quantitative estimate of drug-likeness (QED) is 0.0820. The fourth-order valence-electron chi connectivity index (χ4n) is 3.36. The first-order chi connectivity index (χ1) is 18.3. The molecule has 8 heteroatoms. The summed E-state index contributed by atoms with van der Waals surface area (Å²) >= 11 is 0. The highest BCUT2D eigenvalue weighted by atomic mass is 28.3. The summed E-state index contributed by atoms with van der Waals surface area (Å²) in [5, 5.41) is 0. The zero-order valence-electron chi connectivity index (χ0n) is 23.6. The number of ether oxygens (including phenoxy) is 6. The SMILES string of the molecule is COC(=O)C(=C/COCC[Si](C)(C)C)/C(=C/COCc1ccc(OC)cc1)COCc1ccc(OC)cc1. The molecule has 0 saturated carbocycles. The van der Waals surface area contributed by atoms with Gasteiger partial charge in [-0.2, -0.15) is 0 Å². The Bertz CT molecular complexity index is 1020. The van der Waals surface area contributed by atoms with Gasteiger partial charge in [-0.05, 0) is 53.1 Å². The molecule has 0 saturated heterocycles. The molecule has 2 rings (SSSR count). The summed E-state index contributed by atoms with van der Waals surface area (Å²) in [5.74, 6) is 1.14. The lowest BCUT2D eigenvalue weighted by Crippen LogP contribution is -2.21. The molecule has 0 aromatic heterocycles. The topological polar surface area (TPSA) is 72.5 Å². The smallest absolute Gasteiger partial charge is 0.337 e. The van der Waals surface area contributed by atoms with Crippen LogP contribution in [0.15, 0.2) is 71.8 Å². The van der Waals surface area contributed by atoms with E-state index in [-0.39, 0.29) is 6.61 Å². The molecule has 0 atom stereocenters. The molecule has 0 heterocycles. The molecule has 7 nitrogen and oxygen atoms in total. The Morgan fingerprint density at radius 2 is 1.26 bits per heavy atom. The number of hydrogen-bond donors (Lipinski definition) is 0. The predicted octanol–water partition coefficient (Wildman–Crippen LogP) is 5.82. The summed E-state index contributed by atoms with van der Waals surface area (Å²) in [7, 11) is 3.45. The maximum atomic E-state index is 12.7. The van der Waals surface area contributed by atoms with Gasteiger partial charge in [0.25, 0.3) is 0 Å². The van der Waals surface area contributed by atoms with E-state index in [1.54, 1.807) is 20.3 Å². The first-order valence-electron chi connectivity index (χ1n) is 12.7. The van der Waals surface area contributed by atoms with Crippen LogP contribution in [-0.4, -0.2) is 61.8 Å². The highest BCUT2D eigenvalue weighted by molar-refractivity contribution is 6.76. The van der Waals surface area contributed by atoms with Gasteiger partial charge in [-0.1, -0.05) is 50.0 Å². The number of methoxy groups -OCH3 is 3. The van der Waals surface area contributed by atoms with Gasteiger partial charge in [0.15, 0.2) is 0 Å². The van der Waals surface area contributed by atoms with Crippen molar-refractivity contribution in [2.24, 2.45) is 0 Å². The summed E-state index contributed by atoms with van der Waals surface area (Å²) in [6.45, 7) is 9.23. The largest absolute Gasteiger partial charge is 0.497 e. The third-order valence-electron chi connectivity index (χ3n) is 5.71. The molecular weight excluding hydrogens is 500 g/mol. The molecule has 0 aliphatic carbocycles. The van der Waals surface area contributed by atoms with Gasteiger partial charge in [0.1, 0.15) is 11.5 Å². The van der Waals surface area contributed by atoms with Gasteiger partial charge in [-0.25, -0.2) is 4.79 Å². The maximum absolute atomic E-state index is 12.7. The van der Waals surface area contributed by atoms with E-state index in [0.717, 1.165) is 28.7 Å². The zero-order valence-corrected chi connectivity index (χ0v) is 24.6. The standard InChI is InChI=1S/C30H42O7Si/c1-32-27-11-7-24(8-12-27)21-36-17-15-26(23-37-22-25-9-13-28(33-2)14-10-25)29(30(31)34-3)16-18-35-19-20-38(4,5)6/h7-16H,17-23H2,1-6H3/b26-15+,29-16+. The molecule has 2 aromatic rings. The highest BCUT2D eigenvalue weighted by Gasteiger charge is 2.16. The van der Waals surface area contributed by atoms with Gasteiger partial charge in [-0.15, -0.1) is 0 Å². The fraction of sp³-hybridized carbons (Fsp3) is 0.433. The Balaban J connectivity index is 2.08. The van der Waals surface area contributed by atoms with Crippen LogP contribution < -0.4 is 9.47 Å². The molecule has 0 unspecified atom stereocenters. The van der Waals surface area contributed by atoms with Gasteiger partial charge in [0.2, 0.25) is 0 Å². The third kappa shape index (κ3) is 12.1. The number of benzene rings is 2. The van der Waals surface area contributed by atoms with E-state index in [1.165, 1.54) is 7.11 Å². The molecule has 0 fully saturated rings. The second-order valence-electron chi connectivity index (χ2n) is 9.93. The maximum Gasteiger partial charge on any atom is 0.337 e. The minimum absolute atomic E-state index is 0.216. The monoisotopic (exact) mass is 542 g/mol. The van der Waals surface area contributed by atoms with Gasteiger partial charge >= 0.3 is 5.97 Å². The molecule has 2 aromatic carbocycles. The van der Waals surface area contributed by atoms with E-state index in [4.69, 9.17) is 28.4 Å². The Morgan fingerprint density at radius 3 is 1.76 bits per heavy atom. The predicted molar refractivity (Wildman–Crippen MR) is 152 cm³/mol. The van der Waals surface area contributed by atoms with Crippen molar-refractivity contribution in [2.75, 3.05) is 47.8 Å². The second kappa shape index (κ2) is 16.8. The molecule has 0 amide bonds. The van der Waals surface area contributed by atoms with Crippen LogP contribution in [0, 0.1) is 0 Å². The van der Waals surface area contributed by atoms with Crippen molar-refractivity contribution >= 4 is 14.0 Å². The molecule has 0 N–H and O–H groups in total. The summed E-state index contributed by atoms with van der Waals surface area (Å²) in [4.78, 5) is 12.7. The van der Waals surface area contributed by atoms with Crippen LogP contribution in [0.5, 0.6) is 11.5 Å². The fourth-order valence-corrected chi connectivity index (χ4v) is 4.12. The number of carbonyl (C=O) groups is 1. The van der Waals surface area contributed by atoms with Crippen LogP contribution in [0.2, 0.25) is 25.7 Å². The van der Waals surface area contributed by atoms with E-state index in [0.29, 0.717) is 44.2 Å². The number of esters is 1. The van der Waals surface area contributed by atoms with E-state index >= 15 is 0 Å². The molecular formula is C30H42O7Si. The lowest BCUT2D eigenvalue weighted by atomic mass is 10.1. The van der Waals surface area contributed by atoms with Crippen molar-refractivity contribution in [2.45, 2.75) is 38.9 Å². The Morgan fingerprint density at radius 1 is 0.737 bits per heavy atom. The minimum Gasteiger partial charge on any atom is -0.497 e. The van der Waals surface area contributed by atoms with Gasteiger partial charge in [0.05, 0.1) is 59.9 Å². The van der Waals surface area contributed by atoms with Crippen LogP contribution in [0.4, 0.5) is 0 Å². The summed E-state index contributed by atoms with van der Waals surface area (Å²) in [6.07, 6.45) is 3.63. The van der Waals surface area contributed by atoms with Crippen LogP contribution in [-0.2, 0) is 37.0 Å². The second-order valence-corrected chi connectivity index (χ2v) is 15.5. The molecule has 0 aliphatic heterocycles. The van der Waals surface area contributed by atoms with Crippen molar-refractivity contribution < 1.29 is 33.2 Å². The Kier molecular flexibility index (Phi) is 13.9. The molecule has 208 valence electrons. The number of carbonyl (C=O) groups excluding carboxylic acids is 1. The van der Waals surface area contributed by atoms with E-state index in [1.807, 2.05) is 54.6 Å². The van der Waals surface area contributed by atoms with Crippen molar-refractivity contribution in [3.63, 3.8) is 0 Å². The van der Waals surface area contributed by atoms with Crippen molar-refractivity contribution in [3.05, 3.63) is 83.0 Å². The summed E-state index contributed by atoms with van der Waals surface area (Å²) in [6, 6.07) is 16.4. The van der Waals surface area contributed by atoms with Gasteiger partial charge in [-0.3, -0.25) is 0 Å².